The Morgan fingerprint density at radius 3 is 2.29 bits per heavy atom. The molecular formula is C27H30N2O6. The van der Waals surface area contributed by atoms with Gasteiger partial charge in [0.2, 0.25) is 5.91 Å². The molecule has 0 aromatic heterocycles. The molecule has 1 heterocycles. The van der Waals surface area contributed by atoms with Crippen LogP contribution in [0.25, 0.3) is 11.1 Å². The number of rotatable bonds is 9. The van der Waals surface area contributed by atoms with Crippen LogP contribution < -0.4 is 10.6 Å². The highest BCUT2D eigenvalue weighted by Crippen LogP contribution is 2.44. The second-order valence-corrected chi connectivity index (χ2v) is 9.74. The van der Waals surface area contributed by atoms with Gasteiger partial charge in [0.25, 0.3) is 0 Å². The van der Waals surface area contributed by atoms with E-state index in [1.54, 1.807) is 0 Å². The molecule has 1 saturated carbocycles. The molecule has 2 atom stereocenters. The van der Waals surface area contributed by atoms with E-state index in [1.807, 2.05) is 24.3 Å². The standard InChI is InChI=1S/C27H30N2O6/c30-24(31)13-18(17-9-10-17)14-28-25(32)27(11-12-34-16-27)29-26(33)35-15-23-21-7-3-1-5-19(21)20-6-2-4-8-22(20)23/h1-8,17-18,23H,9-16H2,(H,28,32)(H,29,33)(H,30,31). The Kier molecular flexibility index (Phi) is 6.47. The lowest BCUT2D eigenvalue weighted by atomic mass is 9.95. The van der Waals surface area contributed by atoms with Gasteiger partial charge in [0.05, 0.1) is 13.0 Å². The van der Waals surface area contributed by atoms with Crippen LogP contribution in [0.5, 0.6) is 0 Å². The zero-order chi connectivity index (χ0) is 24.4. The summed E-state index contributed by atoms with van der Waals surface area (Å²) < 4.78 is 11.1. The van der Waals surface area contributed by atoms with Crippen LogP contribution in [0.1, 0.15) is 42.7 Å². The molecule has 2 aromatic carbocycles. The first-order valence-electron chi connectivity index (χ1n) is 12.2. The number of carbonyl (C=O) groups excluding carboxylic acids is 2. The smallest absolute Gasteiger partial charge is 0.408 e. The molecule has 2 unspecified atom stereocenters. The maximum absolute atomic E-state index is 13.1. The summed E-state index contributed by atoms with van der Waals surface area (Å²) in [5, 5.41) is 14.8. The van der Waals surface area contributed by atoms with Crippen molar-refractivity contribution in [3.63, 3.8) is 0 Å². The maximum atomic E-state index is 13.1. The van der Waals surface area contributed by atoms with E-state index < -0.39 is 17.6 Å². The van der Waals surface area contributed by atoms with E-state index in [0.29, 0.717) is 18.9 Å². The molecule has 0 radical (unpaired) electrons. The number of amides is 2. The van der Waals surface area contributed by atoms with Crippen molar-refractivity contribution in [2.75, 3.05) is 26.4 Å². The molecule has 0 spiro atoms. The van der Waals surface area contributed by atoms with Gasteiger partial charge < -0.3 is 25.2 Å². The number of benzene rings is 2. The summed E-state index contributed by atoms with van der Waals surface area (Å²) in [6.07, 6.45) is 1.65. The predicted molar refractivity (Wildman–Crippen MR) is 128 cm³/mol. The van der Waals surface area contributed by atoms with Crippen molar-refractivity contribution in [2.24, 2.45) is 11.8 Å². The summed E-state index contributed by atoms with van der Waals surface area (Å²) in [7, 11) is 0. The van der Waals surface area contributed by atoms with Crippen molar-refractivity contribution in [3.05, 3.63) is 59.7 Å². The number of aliphatic carboxylic acids is 1. The average molecular weight is 479 g/mol. The van der Waals surface area contributed by atoms with Gasteiger partial charge in [-0.1, -0.05) is 48.5 Å². The van der Waals surface area contributed by atoms with Crippen LogP contribution in [0.15, 0.2) is 48.5 Å². The number of fused-ring (bicyclic) bond motifs is 3. The Morgan fingerprint density at radius 1 is 1.06 bits per heavy atom. The molecule has 1 aliphatic heterocycles. The van der Waals surface area contributed by atoms with Crippen molar-refractivity contribution >= 4 is 18.0 Å². The summed E-state index contributed by atoms with van der Waals surface area (Å²) in [5.74, 6) is -1.08. The number of hydrogen-bond acceptors (Lipinski definition) is 5. The van der Waals surface area contributed by atoms with Crippen molar-refractivity contribution in [1.29, 1.82) is 0 Å². The van der Waals surface area contributed by atoms with Crippen LogP contribution >= 0.6 is 0 Å². The average Bonchev–Trinajstić information content (AvgIpc) is 3.51. The van der Waals surface area contributed by atoms with Crippen molar-refractivity contribution in [2.45, 2.75) is 37.1 Å². The highest BCUT2D eigenvalue weighted by atomic mass is 16.6. The Hall–Kier alpha value is -3.39. The topological polar surface area (TPSA) is 114 Å². The van der Waals surface area contributed by atoms with E-state index in [1.165, 1.54) is 0 Å². The molecule has 1 saturated heterocycles. The van der Waals surface area contributed by atoms with Gasteiger partial charge in [-0.05, 0) is 46.9 Å². The molecule has 35 heavy (non-hydrogen) atoms. The van der Waals surface area contributed by atoms with E-state index >= 15 is 0 Å². The molecule has 0 bridgehead atoms. The molecule has 3 N–H and O–H groups in total. The summed E-state index contributed by atoms with van der Waals surface area (Å²) >= 11 is 0. The van der Waals surface area contributed by atoms with Crippen molar-refractivity contribution in [3.8, 4) is 11.1 Å². The fraction of sp³-hybridized carbons (Fsp3) is 0.444. The molecule has 2 fully saturated rings. The SMILES string of the molecule is O=C(O)CC(CNC(=O)C1(NC(=O)OCC2c3ccccc3-c3ccccc32)CCOC1)C1CC1. The first-order valence-corrected chi connectivity index (χ1v) is 12.2. The van der Waals surface area contributed by atoms with Crippen LogP contribution in [0.4, 0.5) is 4.79 Å². The lowest BCUT2D eigenvalue weighted by Crippen LogP contribution is -2.60. The molecule has 184 valence electrons. The van der Waals surface area contributed by atoms with Gasteiger partial charge in [-0.3, -0.25) is 9.59 Å². The minimum Gasteiger partial charge on any atom is -0.481 e. The highest BCUT2D eigenvalue weighted by Gasteiger charge is 2.45. The van der Waals surface area contributed by atoms with Gasteiger partial charge in [-0.25, -0.2) is 4.79 Å². The van der Waals surface area contributed by atoms with E-state index in [2.05, 4.69) is 34.9 Å². The first-order chi connectivity index (χ1) is 17.0. The van der Waals surface area contributed by atoms with Crippen LogP contribution in [0, 0.1) is 11.8 Å². The third-order valence-electron chi connectivity index (χ3n) is 7.39. The van der Waals surface area contributed by atoms with Crippen LogP contribution in [-0.4, -0.2) is 55.0 Å². The second-order valence-electron chi connectivity index (χ2n) is 9.74. The monoisotopic (exact) mass is 478 g/mol. The summed E-state index contributed by atoms with van der Waals surface area (Å²) in [6, 6.07) is 16.2. The molecule has 5 rings (SSSR count). The third kappa shape index (κ3) is 4.89. The zero-order valence-corrected chi connectivity index (χ0v) is 19.5. The minimum atomic E-state index is -1.22. The fourth-order valence-electron chi connectivity index (χ4n) is 5.32. The molecule has 2 aliphatic carbocycles. The van der Waals surface area contributed by atoms with Crippen LogP contribution in [0.3, 0.4) is 0 Å². The molecular weight excluding hydrogens is 448 g/mol. The largest absolute Gasteiger partial charge is 0.481 e. The second kappa shape index (κ2) is 9.70. The quantitative estimate of drug-likeness (QED) is 0.510. The Labute approximate surface area is 204 Å². The first kappa shape index (κ1) is 23.4. The van der Waals surface area contributed by atoms with Gasteiger partial charge in [0.15, 0.2) is 0 Å². The van der Waals surface area contributed by atoms with Gasteiger partial charge in [-0.2, -0.15) is 0 Å². The van der Waals surface area contributed by atoms with E-state index in [0.717, 1.165) is 35.1 Å². The lowest BCUT2D eigenvalue weighted by Gasteiger charge is -2.28. The number of ether oxygens (including phenoxy) is 2. The fourth-order valence-corrected chi connectivity index (χ4v) is 5.32. The Morgan fingerprint density at radius 2 is 1.71 bits per heavy atom. The number of carbonyl (C=O) groups is 3. The number of carboxylic acids is 1. The van der Waals surface area contributed by atoms with Crippen LogP contribution in [0.2, 0.25) is 0 Å². The number of carboxylic acid groups (broad SMARTS) is 1. The van der Waals surface area contributed by atoms with Crippen LogP contribution in [-0.2, 0) is 19.1 Å². The zero-order valence-electron chi connectivity index (χ0n) is 19.5. The summed E-state index contributed by atoms with van der Waals surface area (Å²) in [5.41, 5.74) is 3.29. The minimum absolute atomic E-state index is 0.0221. The normalized spacial score (nSPS) is 21.6. The molecule has 2 aromatic rings. The maximum Gasteiger partial charge on any atom is 0.408 e. The summed E-state index contributed by atoms with van der Waals surface area (Å²) in [6.45, 7) is 0.818. The molecule has 8 nitrogen and oxygen atoms in total. The summed E-state index contributed by atoms with van der Waals surface area (Å²) in [4.78, 5) is 37.1. The third-order valence-corrected chi connectivity index (χ3v) is 7.39. The van der Waals surface area contributed by atoms with E-state index in [9.17, 15) is 19.5 Å². The van der Waals surface area contributed by atoms with Crippen molar-refractivity contribution < 1.29 is 29.0 Å². The Balaban J connectivity index is 1.22. The van der Waals surface area contributed by atoms with Gasteiger partial charge in [0.1, 0.15) is 12.1 Å². The molecule has 3 aliphatic rings. The van der Waals surface area contributed by atoms with E-state index in [4.69, 9.17) is 9.47 Å². The van der Waals surface area contributed by atoms with Gasteiger partial charge in [0, 0.05) is 25.5 Å². The number of hydrogen-bond donors (Lipinski definition) is 3. The Bertz CT molecular complexity index is 1080. The number of alkyl carbamates (subject to hydrolysis) is 1. The van der Waals surface area contributed by atoms with Gasteiger partial charge in [-0.15, -0.1) is 0 Å². The van der Waals surface area contributed by atoms with E-state index in [-0.39, 0.29) is 43.9 Å². The number of nitrogens with one attached hydrogen (secondary N) is 2. The predicted octanol–water partition coefficient (Wildman–Crippen LogP) is 3.30. The molecule has 2 amide bonds. The highest BCUT2D eigenvalue weighted by molar-refractivity contribution is 5.90. The molecule has 8 heteroatoms. The van der Waals surface area contributed by atoms with Crippen molar-refractivity contribution in [1.82, 2.24) is 10.6 Å². The van der Waals surface area contributed by atoms with Gasteiger partial charge >= 0.3 is 12.1 Å². The lowest BCUT2D eigenvalue weighted by molar-refractivity contribution is -0.138.